The van der Waals surface area contributed by atoms with Crippen molar-refractivity contribution in [2.75, 3.05) is 13.2 Å². The van der Waals surface area contributed by atoms with Gasteiger partial charge in [-0.2, -0.15) is 0 Å². The molecule has 7 heteroatoms. The maximum Gasteiger partial charge on any atom is 0.255 e. The zero-order valence-electron chi connectivity index (χ0n) is 20.1. The highest BCUT2D eigenvalue weighted by molar-refractivity contribution is 5.97. The Bertz CT molecular complexity index is 1360. The van der Waals surface area contributed by atoms with Crippen molar-refractivity contribution in [1.29, 1.82) is 0 Å². The molecule has 1 aliphatic heterocycles. The van der Waals surface area contributed by atoms with E-state index in [4.69, 9.17) is 9.47 Å². The van der Waals surface area contributed by atoms with E-state index in [1.54, 1.807) is 12.3 Å². The predicted octanol–water partition coefficient (Wildman–Crippen LogP) is 5.11. The molecule has 2 unspecified atom stereocenters. The number of aromatic nitrogens is 1. The topological polar surface area (TPSA) is 83.6 Å². The lowest BCUT2D eigenvalue weighted by Gasteiger charge is -2.19. The maximum atomic E-state index is 13.8. The molecule has 3 aromatic carbocycles. The number of carbonyl (C=O) groups excluding carboxylic acids is 1. The van der Waals surface area contributed by atoms with Gasteiger partial charge in [0.2, 0.25) is 0 Å². The van der Waals surface area contributed by atoms with E-state index in [2.05, 4.69) is 10.3 Å². The molecule has 0 fully saturated rings. The third kappa shape index (κ3) is 4.93. The number of halogens is 1. The number of benzene rings is 3. The number of rotatable bonds is 9. The lowest BCUT2D eigenvalue weighted by atomic mass is 10.00. The summed E-state index contributed by atoms with van der Waals surface area (Å²) in [6.45, 7) is 2.22. The SMILES string of the molecule is CCCOc1ccc(C2Cc3ccccc3O2)cc1C(=O)NC(CO)Cc1c[nH]c2ccc(F)cc12. The second kappa shape index (κ2) is 10.4. The monoisotopic (exact) mass is 488 g/mol. The van der Waals surface area contributed by atoms with E-state index in [0.29, 0.717) is 24.3 Å². The molecule has 1 amide bonds. The lowest BCUT2D eigenvalue weighted by Crippen LogP contribution is -2.39. The van der Waals surface area contributed by atoms with Crippen molar-refractivity contribution in [2.45, 2.75) is 38.3 Å². The molecule has 2 heterocycles. The van der Waals surface area contributed by atoms with Gasteiger partial charge in [0.1, 0.15) is 23.4 Å². The number of H-pyrrole nitrogens is 1. The minimum absolute atomic E-state index is 0.191. The summed E-state index contributed by atoms with van der Waals surface area (Å²) in [6.07, 6.45) is 3.47. The molecule has 5 rings (SSSR count). The van der Waals surface area contributed by atoms with Gasteiger partial charge in [-0.25, -0.2) is 4.39 Å². The van der Waals surface area contributed by atoms with Crippen LogP contribution in [0.25, 0.3) is 10.9 Å². The van der Waals surface area contributed by atoms with Gasteiger partial charge in [-0.05, 0) is 65.9 Å². The second-order valence-electron chi connectivity index (χ2n) is 9.08. The minimum Gasteiger partial charge on any atom is -0.493 e. The zero-order valence-corrected chi connectivity index (χ0v) is 20.1. The van der Waals surface area contributed by atoms with Gasteiger partial charge < -0.3 is 24.9 Å². The number of nitrogens with one attached hydrogen (secondary N) is 2. The molecule has 1 aliphatic rings. The fraction of sp³-hybridized carbons (Fsp3) is 0.276. The van der Waals surface area contributed by atoms with E-state index in [-0.39, 0.29) is 24.4 Å². The molecule has 186 valence electrons. The van der Waals surface area contributed by atoms with E-state index in [1.165, 1.54) is 12.1 Å². The highest BCUT2D eigenvalue weighted by Gasteiger charge is 2.26. The molecular weight excluding hydrogens is 459 g/mol. The van der Waals surface area contributed by atoms with Gasteiger partial charge in [0.25, 0.3) is 5.91 Å². The van der Waals surface area contributed by atoms with Crippen LogP contribution in [-0.4, -0.2) is 35.3 Å². The van der Waals surface area contributed by atoms with Crippen molar-refractivity contribution >= 4 is 16.8 Å². The van der Waals surface area contributed by atoms with Gasteiger partial charge in [-0.15, -0.1) is 0 Å². The van der Waals surface area contributed by atoms with Gasteiger partial charge in [0.05, 0.1) is 24.8 Å². The van der Waals surface area contributed by atoms with E-state index in [0.717, 1.165) is 46.2 Å². The standard InChI is InChI=1S/C29H29FN2O4/c1-2-11-35-27-10-7-19(28-14-18-5-3-4-6-26(18)36-28)13-24(27)29(34)32-22(17-33)12-20-16-31-25-9-8-21(30)15-23(20)25/h3-10,13,15-16,22,28,31,33H,2,11-12,14,17H2,1H3,(H,32,34). The van der Waals surface area contributed by atoms with Crippen LogP contribution in [0.5, 0.6) is 11.5 Å². The first kappa shape index (κ1) is 23.9. The van der Waals surface area contributed by atoms with E-state index < -0.39 is 6.04 Å². The third-order valence-corrected chi connectivity index (χ3v) is 6.48. The van der Waals surface area contributed by atoms with Crippen LogP contribution in [0.15, 0.2) is 66.9 Å². The number of hydrogen-bond acceptors (Lipinski definition) is 4. The molecule has 36 heavy (non-hydrogen) atoms. The van der Waals surface area contributed by atoms with E-state index in [1.807, 2.05) is 49.4 Å². The van der Waals surface area contributed by atoms with Crippen molar-refractivity contribution < 1.29 is 23.8 Å². The smallest absolute Gasteiger partial charge is 0.255 e. The van der Waals surface area contributed by atoms with Gasteiger partial charge in [-0.3, -0.25) is 4.79 Å². The van der Waals surface area contributed by atoms with Crippen LogP contribution in [-0.2, 0) is 12.8 Å². The summed E-state index contributed by atoms with van der Waals surface area (Å²) in [5, 5.41) is 13.7. The molecule has 1 aromatic heterocycles. The Balaban J connectivity index is 1.37. The summed E-state index contributed by atoms with van der Waals surface area (Å²) >= 11 is 0. The van der Waals surface area contributed by atoms with Crippen molar-refractivity contribution in [3.8, 4) is 11.5 Å². The molecule has 0 saturated carbocycles. The van der Waals surface area contributed by atoms with Crippen LogP contribution in [0, 0.1) is 5.82 Å². The number of aliphatic hydroxyl groups excluding tert-OH is 1. The van der Waals surface area contributed by atoms with Crippen LogP contribution in [0.2, 0.25) is 0 Å². The van der Waals surface area contributed by atoms with Gasteiger partial charge in [-0.1, -0.05) is 31.2 Å². The quantitative estimate of drug-likeness (QED) is 0.306. The molecule has 0 aliphatic carbocycles. The summed E-state index contributed by atoms with van der Waals surface area (Å²) in [6, 6.07) is 17.4. The fourth-order valence-corrected chi connectivity index (χ4v) is 4.64. The predicted molar refractivity (Wildman–Crippen MR) is 136 cm³/mol. The Labute approximate surface area is 209 Å². The van der Waals surface area contributed by atoms with Gasteiger partial charge >= 0.3 is 0 Å². The largest absolute Gasteiger partial charge is 0.493 e. The number of amides is 1. The summed E-state index contributed by atoms with van der Waals surface area (Å²) < 4.78 is 25.8. The normalized spacial score (nSPS) is 15.4. The van der Waals surface area contributed by atoms with Crippen LogP contribution in [0.3, 0.4) is 0 Å². The van der Waals surface area contributed by atoms with Crippen LogP contribution in [0.4, 0.5) is 4.39 Å². The second-order valence-corrected chi connectivity index (χ2v) is 9.08. The first-order chi connectivity index (χ1) is 17.6. The number of aliphatic hydroxyl groups is 1. The Morgan fingerprint density at radius 3 is 2.89 bits per heavy atom. The molecule has 0 saturated heterocycles. The third-order valence-electron chi connectivity index (χ3n) is 6.48. The van der Waals surface area contributed by atoms with E-state index >= 15 is 0 Å². The number of fused-ring (bicyclic) bond motifs is 2. The number of aromatic amines is 1. The van der Waals surface area contributed by atoms with Crippen molar-refractivity contribution in [3.63, 3.8) is 0 Å². The molecule has 0 spiro atoms. The summed E-state index contributed by atoms with van der Waals surface area (Å²) in [5.74, 6) is 0.664. The molecule has 0 bridgehead atoms. The number of ether oxygens (including phenoxy) is 2. The average molecular weight is 489 g/mol. The zero-order chi connectivity index (χ0) is 25.1. The van der Waals surface area contributed by atoms with Crippen LogP contribution >= 0.6 is 0 Å². The highest BCUT2D eigenvalue weighted by atomic mass is 19.1. The minimum atomic E-state index is -0.561. The van der Waals surface area contributed by atoms with Crippen molar-refractivity contribution in [2.24, 2.45) is 0 Å². The molecular formula is C29H29FN2O4. The number of carbonyl (C=O) groups is 1. The Morgan fingerprint density at radius 1 is 1.22 bits per heavy atom. The summed E-state index contributed by atoms with van der Waals surface area (Å²) in [5.41, 5.74) is 4.03. The molecule has 4 aromatic rings. The Morgan fingerprint density at radius 2 is 2.08 bits per heavy atom. The Hall–Kier alpha value is -3.84. The van der Waals surface area contributed by atoms with Crippen molar-refractivity contribution in [3.05, 3.63) is 94.9 Å². The summed E-state index contributed by atoms with van der Waals surface area (Å²) in [4.78, 5) is 16.5. The molecule has 2 atom stereocenters. The Kier molecular flexibility index (Phi) is 6.91. The number of hydrogen-bond donors (Lipinski definition) is 3. The fourth-order valence-electron chi connectivity index (χ4n) is 4.64. The first-order valence-corrected chi connectivity index (χ1v) is 12.2. The maximum absolute atomic E-state index is 13.8. The van der Waals surface area contributed by atoms with Gasteiger partial charge in [0.15, 0.2) is 0 Å². The van der Waals surface area contributed by atoms with E-state index in [9.17, 15) is 14.3 Å². The molecule has 3 N–H and O–H groups in total. The summed E-state index contributed by atoms with van der Waals surface area (Å²) in [7, 11) is 0. The van der Waals surface area contributed by atoms with Crippen molar-refractivity contribution in [1.82, 2.24) is 10.3 Å². The average Bonchev–Trinajstić information content (AvgIpc) is 3.51. The first-order valence-electron chi connectivity index (χ1n) is 12.2. The van der Waals surface area contributed by atoms with Crippen LogP contribution < -0.4 is 14.8 Å². The van der Waals surface area contributed by atoms with Gasteiger partial charge in [0, 0.05) is 23.5 Å². The lowest BCUT2D eigenvalue weighted by molar-refractivity contribution is 0.0912. The number of para-hydroxylation sites is 1. The van der Waals surface area contributed by atoms with Crippen LogP contribution in [0.1, 0.15) is 46.5 Å². The highest BCUT2D eigenvalue weighted by Crippen LogP contribution is 2.37. The molecule has 6 nitrogen and oxygen atoms in total. The molecule has 0 radical (unpaired) electrons.